The number of nitrogens with two attached hydrogens (primary N) is 1. The summed E-state index contributed by atoms with van der Waals surface area (Å²) in [7, 11) is 0. The van der Waals surface area contributed by atoms with Crippen molar-refractivity contribution in [1.82, 2.24) is 9.97 Å². The van der Waals surface area contributed by atoms with Crippen molar-refractivity contribution in [3.05, 3.63) is 60.2 Å². The predicted octanol–water partition coefficient (Wildman–Crippen LogP) is 2.60. The van der Waals surface area contributed by atoms with Gasteiger partial charge in [-0.15, -0.1) is 0 Å². The molecule has 0 aliphatic carbocycles. The van der Waals surface area contributed by atoms with Crippen molar-refractivity contribution in [3.8, 4) is 0 Å². The molecule has 0 atom stereocenters. The summed E-state index contributed by atoms with van der Waals surface area (Å²) in [4.78, 5) is 18.0. The molecule has 4 heteroatoms. The Morgan fingerprint density at radius 2 is 1.61 bits per heavy atom. The first-order valence-electron chi connectivity index (χ1n) is 5.76. The number of carbonyl (C=O) groups excluding carboxylic acids is 1. The fourth-order valence-corrected chi connectivity index (χ4v) is 0.957. The van der Waals surface area contributed by atoms with E-state index in [0.29, 0.717) is 5.56 Å². The molecular formula is C14H19N3O. The number of rotatable bonds is 1. The largest absolute Gasteiger partial charge is 0.366 e. The number of carbonyl (C=O) groups is 1. The maximum atomic E-state index is 10.4. The fraction of sp³-hybridized carbons (Fsp3) is 0.214. The third kappa shape index (κ3) is 7.11. The number of primary amides is 1. The van der Waals surface area contributed by atoms with Gasteiger partial charge in [0.2, 0.25) is 5.91 Å². The predicted molar refractivity (Wildman–Crippen MR) is 73.1 cm³/mol. The monoisotopic (exact) mass is 245 g/mol. The third-order valence-corrected chi connectivity index (χ3v) is 1.76. The molecule has 0 aromatic carbocycles. The molecule has 2 N–H and O–H groups in total. The van der Waals surface area contributed by atoms with Gasteiger partial charge in [-0.1, -0.05) is 19.9 Å². The highest BCUT2D eigenvalue weighted by atomic mass is 16.1. The van der Waals surface area contributed by atoms with Gasteiger partial charge in [0, 0.05) is 24.8 Å². The van der Waals surface area contributed by atoms with Crippen LogP contribution >= 0.6 is 0 Å². The number of hydrogen-bond donors (Lipinski definition) is 1. The van der Waals surface area contributed by atoms with Gasteiger partial charge in [0.15, 0.2) is 0 Å². The number of aryl methyl sites for hydroxylation is 1. The SMILES string of the molecule is CC.Cc1cccnc1.NC(=O)c1cccnc1. The molecule has 1 amide bonds. The van der Waals surface area contributed by atoms with Gasteiger partial charge in [0.1, 0.15) is 0 Å². The first-order valence-corrected chi connectivity index (χ1v) is 5.76. The van der Waals surface area contributed by atoms with E-state index in [1.54, 1.807) is 24.5 Å². The Bertz CT molecular complexity index is 429. The highest BCUT2D eigenvalue weighted by molar-refractivity contribution is 5.92. The molecule has 0 aliphatic heterocycles. The molecule has 2 aromatic heterocycles. The van der Waals surface area contributed by atoms with Crippen LogP contribution < -0.4 is 5.73 Å². The summed E-state index contributed by atoms with van der Waals surface area (Å²) in [5, 5.41) is 0. The van der Waals surface area contributed by atoms with Gasteiger partial charge in [-0.25, -0.2) is 0 Å². The molecule has 0 unspecified atom stereocenters. The average molecular weight is 245 g/mol. The molecule has 0 radical (unpaired) electrons. The van der Waals surface area contributed by atoms with Gasteiger partial charge in [-0.2, -0.15) is 0 Å². The smallest absolute Gasteiger partial charge is 0.250 e. The van der Waals surface area contributed by atoms with Crippen molar-refractivity contribution in [1.29, 1.82) is 0 Å². The number of aromatic nitrogens is 2. The van der Waals surface area contributed by atoms with E-state index < -0.39 is 5.91 Å². The maximum Gasteiger partial charge on any atom is 0.250 e. The van der Waals surface area contributed by atoms with Crippen LogP contribution in [0.25, 0.3) is 0 Å². The molecule has 2 heterocycles. The summed E-state index contributed by atoms with van der Waals surface area (Å²) in [6.45, 7) is 6.02. The van der Waals surface area contributed by atoms with Crippen molar-refractivity contribution >= 4 is 5.91 Å². The van der Waals surface area contributed by atoms with Crippen LogP contribution in [-0.2, 0) is 0 Å². The number of amides is 1. The molecule has 0 saturated carbocycles. The molecule has 0 fully saturated rings. The summed E-state index contributed by atoms with van der Waals surface area (Å²) >= 11 is 0. The number of pyridine rings is 2. The Balaban J connectivity index is 0.000000289. The van der Waals surface area contributed by atoms with Crippen molar-refractivity contribution in [2.45, 2.75) is 20.8 Å². The minimum Gasteiger partial charge on any atom is -0.366 e. The van der Waals surface area contributed by atoms with Crippen LogP contribution in [0.5, 0.6) is 0 Å². The average Bonchev–Trinajstić information content (AvgIpc) is 2.43. The summed E-state index contributed by atoms with van der Waals surface area (Å²) < 4.78 is 0. The molecule has 0 bridgehead atoms. The lowest BCUT2D eigenvalue weighted by molar-refractivity contribution is 0.1000. The fourth-order valence-electron chi connectivity index (χ4n) is 0.957. The van der Waals surface area contributed by atoms with Crippen molar-refractivity contribution < 1.29 is 4.79 Å². The van der Waals surface area contributed by atoms with Crippen molar-refractivity contribution in [2.75, 3.05) is 0 Å². The lowest BCUT2D eigenvalue weighted by Crippen LogP contribution is -2.10. The topological polar surface area (TPSA) is 68.9 Å². The van der Waals surface area contributed by atoms with Crippen LogP contribution in [0.15, 0.2) is 49.1 Å². The van der Waals surface area contributed by atoms with Gasteiger partial charge in [0.25, 0.3) is 0 Å². The Morgan fingerprint density at radius 1 is 1.06 bits per heavy atom. The van der Waals surface area contributed by atoms with E-state index in [-0.39, 0.29) is 0 Å². The summed E-state index contributed by atoms with van der Waals surface area (Å²) in [6.07, 6.45) is 6.63. The second-order valence-corrected chi connectivity index (χ2v) is 3.14. The molecule has 0 aliphatic rings. The van der Waals surface area contributed by atoms with Crippen LogP contribution in [0.1, 0.15) is 29.8 Å². The van der Waals surface area contributed by atoms with Gasteiger partial charge in [-0.05, 0) is 30.7 Å². The number of hydrogen-bond acceptors (Lipinski definition) is 3. The normalized spacial score (nSPS) is 8.17. The standard InChI is InChI=1S/C6H6N2O.C6H7N.C2H6/c7-6(9)5-2-1-3-8-4-5;1-6-3-2-4-7-5-6;1-2/h1-4H,(H2,7,9);2-5H,1H3;1-2H3. The second-order valence-electron chi connectivity index (χ2n) is 3.14. The van der Waals surface area contributed by atoms with Gasteiger partial charge < -0.3 is 5.73 Å². The van der Waals surface area contributed by atoms with E-state index >= 15 is 0 Å². The zero-order valence-corrected chi connectivity index (χ0v) is 11.0. The van der Waals surface area contributed by atoms with E-state index in [1.165, 1.54) is 11.8 Å². The lowest BCUT2D eigenvalue weighted by Gasteiger charge is -1.88. The first-order chi connectivity index (χ1) is 8.70. The Hall–Kier alpha value is -2.23. The van der Waals surface area contributed by atoms with E-state index in [9.17, 15) is 4.79 Å². The van der Waals surface area contributed by atoms with Crippen molar-refractivity contribution in [3.63, 3.8) is 0 Å². The Kier molecular flexibility index (Phi) is 8.72. The van der Waals surface area contributed by atoms with Crippen molar-refractivity contribution in [2.24, 2.45) is 5.73 Å². The highest BCUT2D eigenvalue weighted by Gasteiger charge is 1.94. The van der Waals surface area contributed by atoms with Gasteiger partial charge >= 0.3 is 0 Å². The minimum atomic E-state index is -0.442. The first kappa shape index (κ1) is 15.8. The molecule has 0 spiro atoms. The zero-order valence-electron chi connectivity index (χ0n) is 11.0. The van der Waals surface area contributed by atoms with Gasteiger partial charge in [-0.3, -0.25) is 14.8 Å². The van der Waals surface area contributed by atoms with Crippen LogP contribution in [0.3, 0.4) is 0 Å². The molecule has 0 saturated heterocycles. The summed E-state index contributed by atoms with van der Waals surface area (Å²) in [6, 6.07) is 7.23. The summed E-state index contributed by atoms with van der Waals surface area (Å²) in [5.41, 5.74) is 6.59. The Morgan fingerprint density at radius 3 is 1.83 bits per heavy atom. The van der Waals surface area contributed by atoms with Crippen LogP contribution in [0, 0.1) is 6.92 Å². The zero-order chi connectivity index (χ0) is 13.8. The number of nitrogens with zero attached hydrogens (tertiary/aromatic N) is 2. The second kappa shape index (κ2) is 9.96. The molecule has 18 heavy (non-hydrogen) atoms. The maximum absolute atomic E-state index is 10.4. The lowest BCUT2D eigenvalue weighted by atomic mass is 10.3. The van der Waals surface area contributed by atoms with Crippen LogP contribution in [-0.4, -0.2) is 15.9 Å². The molecule has 2 aromatic rings. The quantitative estimate of drug-likeness (QED) is 0.839. The van der Waals surface area contributed by atoms with Gasteiger partial charge in [0.05, 0.1) is 5.56 Å². The van der Waals surface area contributed by atoms with E-state index in [0.717, 1.165) is 0 Å². The van der Waals surface area contributed by atoms with E-state index in [4.69, 9.17) is 5.73 Å². The third-order valence-electron chi connectivity index (χ3n) is 1.76. The summed E-state index contributed by atoms with van der Waals surface area (Å²) in [5.74, 6) is -0.442. The van der Waals surface area contributed by atoms with Crippen LogP contribution in [0.2, 0.25) is 0 Å². The van der Waals surface area contributed by atoms with Crippen LogP contribution in [0.4, 0.5) is 0 Å². The molecule has 4 nitrogen and oxygen atoms in total. The highest BCUT2D eigenvalue weighted by Crippen LogP contribution is 1.91. The molecular weight excluding hydrogens is 226 g/mol. The van der Waals surface area contributed by atoms with E-state index in [1.807, 2.05) is 39.1 Å². The molecule has 96 valence electrons. The molecule has 2 rings (SSSR count). The van der Waals surface area contributed by atoms with E-state index in [2.05, 4.69) is 9.97 Å². The minimum absolute atomic E-state index is 0.442. The Labute approximate surface area is 108 Å².